The van der Waals surface area contributed by atoms with Gasteiger partial charge in [-0.3, -0.25) is 10.1 Å². The van der Waals surface area contributed by atoms with Crippen LogP contribution in [0.25, 0.3) is 0 Å². The van der Waals surface area contributed by atoms with Crippen LogP contribution in [-0.2, 0) is 0 Å². The molecule has 1 N–H and O–H groups in total. The van der Waals surface area contributed by atoms with Crippen LogP contribution in [-0.4, -0.2) is 33.7 Å². The van der Waals surface area contributed by atoms with Crippen LogP contribution in [0.2, 0.25) is 0 Å². The monoisotopic (exact) mass is 249 g/mol. The molecule has 0 bridgehead atoms. The highest BCUT2D eigenvalue weighted by Gasteiger charge is 2.52. The van der Waals surface area contributed by atoms with Gasteiger partial charge in [0.15, 0.2) is 0 Å². The normalized spacial score (nSPS) is 21.6. The molecule has 1 aliphatic carbocycles. The summed E-state index contributed by atoms with van der Waals surface area (Å²) in [7, 11) is 0. The smallest absolute Gasteiger partial charge is 0.287 e. The molecule has 3 rings (SSSR count). The number of pyridine rings is 1. The van der Waals surface area contributed by atoms with Crippen molar-refractivity contribution in [2.75, 3.05) is 18.0 Å². The lowest BCUT2D eigenvalue weighted by Gasteiger charge is -2.48. The van der Waals surface area contributed by atoms with E-state index >= 15 is 0 Å². The molecule has 0 spiro atoms. The third kappa shape index (κ3) is 1.73. The lowest BCUT2D eigenvalue weighted by Crippen LogP contribution is -2.63. The molecular formula is C12H15N3O3. The lowest BCUT2D eigenvalue weighted by molar-refractivity contribution is -0.385. The second-order valence-corrected chi connectivity index (χ2v) is 5.33. The van der Waals surface area contributed by atoms with E-state index in [2.05, 4.69) is 4.98 Å². The molecule has 0 unspecified atom stereocenters. The second-order valence-electron chi connectivity index (χ2n) is 5.33. The summed E-state index contributed by atoms with van der Waals surface area (Å²) in [6, 6.07) is 1.52. The molecule has 0 radical (unpaired) electrons. The number of nitrogens with zero attached hydrogens (tertiary/aromatic N) is 3. The van der Waals surface area contributed by atoms with Crippen molar-refractivity contribution in [3.63, 3.8) is 0 Å². The van der Waals surface area contributed by atoms with E-state index in [4.69, 9.17) is 0 Å². The highest BCUT2D eigenvalue weighted by atomic mass is 16.6. The summed E-state index contributed by atoms with van der Waals surface area (Å²) in [6.45, 7) is 2.98. The van der Waals surface area contributed by atoms with Crippen LogP contribution < -0.4 is 4.90 Å². The number of aliphatic hydroxyl groups is 1. The van der Waals surface area contributed by atoms with Gasteiger partial charge in [-0.05, 0) is 31.2 Å². The number of β-amino-alcohol motifs (C(OH)–C–C–N with tert-alkyl or cyclic N) is 1. The van der Waals surface area contributed by atoms with Crippen LogP contribution in [0.1, 0.15) is 18.4 Å². The summed E-state index contributed by atoms with van der Waals surface area (Å²) >= 11 is 0. The first-order chi connectivity index (χ1) is 8.49. The van der Waals surface area contributed by atoms with Crippen molar-refractivity contribution in [2.45, 2.75) is 25.4 Å². The maximum atomic E-state index is 10.6. The molecule has 6 heteroatoms. The molecule has 1 aliphatic heterocycles. The van der Waals surface area contributed by atoms with Gasteiger partial charge in [0.1, 0.15) is 17.6 Å². The van der Waals surface area contributed by atoms with E-state index in [0.29, 0.717) is 19.0 Å². The molecule has 0 amide bonds. The first-order valence-electron chi connectivity index (χ1n) is 6.08. The SMILES string of the molecule is Cc1cc([N+](=O)[O-])cnc1N1CC(O)(C2CC2)C1. The van der Waals surface area contributed by atoms with Gasteiger partial charge in [0, 0.05) is 6.07 Å². The van der Waals surface area contributed by atoms with Crippen molar-refractivity contribution in [3.8, 4) is 0 Å². The Labute approximate surface area is 104 Å². The van der Waals surface area contributed by atoms with Crippen LogP contribution in [0.5, 0.6) is 0 Å². The second kappa shape index (κ2) is 3.65. The number of aromatic nitrogens is 1. The number of nitro groups is 1. The van der Waals surface area contributed by atoms with Crippen molar-refractivity contribution >= 4 is 11.5 Å². The van der Waals surface area contributed by atoms with E-state index in [-0.39, 0.29) is 5.69 Å². The number of anilines is 1. The largest absolute Gasteiger partial charge is 0.386 e. The zero-order chi connectivity index (χ0) is 12.9. The maximum Gasteiger partial charge on any atom is 0.287 e. The summed E-state index contributed by atoms with van der Waals surface area (Å²) < 4.78 is 0. The standard InChI is InChI=1S/C12H15N3O3/c1-8-4-10(15(17)18)5-13-11(8)14-6-12(16,7-14)9-2-3-9/h4-5,9,16H,2-3,6-7H2,1H3. The molecule has 96 valence electrons. The Morgan fingerprint density at radius 1 is 1.56 bits per heavy atom. The highest BCUT2D eigenvalue weighted by molar-refractivity contribution is 5.53. The van der Waals surface area contributed by atoms with Crippen molar-refractivity contribution in [1.29, 1.82) is 0 Å². The molecule has 1 saturated heterocycles. The van der Waals surface area contributed by atoms with E-state index in [0.717, 1.165) is 24.2 Å². The molecule has 2 aliphatic rings. The van der Waals surface area contributed by atoms with Gasteiger partial charge in [-0.2, -0.15) is 0 Å². The summed E-state index contributed by atoms with van der Waals surface area (Å²) in [6.07, 6.45) is 3.49. The van der Waals surface area contributed by atoms with Crippen LogP contribution in [0.3, 0.4) is 0 Å². The van der Waals surface area contributed by atoms with Crippen LogP contribution in [0.15, 0.2) is 12.3 Å². The average Bonchev–Trinajstić information content (AvgIpc) is 3.09. The highest BCUT2D eigenvalue weighted by Crippen LogP contribution is 2.45. The van der Waals surface area contributed by atoms with Gasteiger partial charge in [-0.25, -0.2) is 4.98 Å². The van der Waals surface area contributed by atoms with E-state index in [1.165, 1.54) is 12.3 Å². The maximum absolute atomic E-state index is 10.6. The Morgan fingerprint density at radius 3 is 2.72 bits per heavy atom. The predicted octanol–water partition coefficient (Wildman–Crippen LogP) is 1.26. The average molecular weight is 249 g/mol. The molecule has 0 aromatic carbocycles. The van der Waals surface area contributed by atoms with Gasteiger partial charge >= 0.3 is 0 Å². The van der Waals surface area contributed by atoms with Crippen molar-refractivity contribution < 1.29 is 10.0 Å². The third-order valence-corrected chi connectivity index (χ3v) is 3.81. The van der Waals surface area contributed by atoms with E-state index in [9.17, 15) is 15.2 Å². The number of aryl methyl sites for hydroxylation is 1. The first kappa shape index (κ1) is 11.4. The fraction of sp³-hybridized carbons (Fsp3) is 0.583. The Hall–Kier alpha value is -1.69. The molecule has 1 saturated carbocycles. The lowest BCUT2D eigenvalue weighted by atomic mass is 9.88. The van der Waals surface area contributed by atoms with Crippen LogP contribution in [0, 0.1) is 23.0 Å². The quantitative estimate of drug-likeness (QED) is 0.644. The Kier molecular flexibility index (Phi) is 2.31. The van der Waals surface area contributed by atoms with Crippen LogP contribution in [0.4, 0.5) is 11.5 Å². The molecule has 2 heterocycles. The molecule has 6 nitrogen and oxygen atoms in total. The topological polar surface area (TPSA) is 79.5 Å². The zero-order valence-electron chi connectivity index (χ0n) is 10.2. The Balaban J connectivity index is 1.76. The van der Waals surface area contributed by atoms with Gasteiger partial charge in [0.25, 0.3) is 5.69 Å². The Bertz CT molecular complexity index is 507. The molecule has 18 heavy (non-hydrogen) atoms. The number of hydrogen-bond donors (Lipinski definition) is 1. The molecule has 1 aromatic rings. The van der Waals surface area contributed by atoms with Gasteiger partial charge in [0.2, 0.25) is 0 Å². The van der Waals surface area contributed by atoms with Crippen LogP contribution >= 0.6 is 0 Å². The Morgan fingerprint density at radius 2 is 2.22 bits per heavy atom. The minimum Gasteiger partial charge on any atom is -0.386 e. The van der Waals surface area contributed by atoms with E-state index in [1.54, 1.807) is 0 Å². The van der Waals surface area contributed by atoms with Gasteiger partial charge in [-0.1, -0.05) is 0 Å². The summed E-state index contributed by atoms with van der Waals surface area (Å²) in [4.78, 5) is 16.3. The van der Waals surface area contributed by atoms with Crippen molar-refractivity contribution in [1.82, 2.24) is 4.98 Å². The fourth-order valence-corrected chi connectivity index (χ4v) is 2.63. The minimum absolute atomic E-state index is 0.00854. The minimum atomic E-state index is -0.560. The molecule has 1 aromatic heterocycles. The van der Waals surface area contributed by atoms with Gasteiger partial charge in [0.05, 0.1) is 18.0 Å². The van der Waals surface area contributed by atoms with E-state index < -0.39 is 10.5 Å². The predicted molar refractivity (Wildman–Crippen MR) is 65.5 cm³/mol. The number of rotatable bonds is 3. The molecule has 2 fully saturated rings. The summed E-state index contributed by atoms with van der Waals surface area (Å²) in [5.74, 6) is 1.18. The summed E-state index contributed by atoms with van der Waals surface area (Å²) in [5.41, 5.74) is 0.229. The zero-order valence-corrected chi connectivity index (χ0v) is 10.2. The van der Waals surface area contributed by atoms with Gasteiger partial charge in [-0.15, -0.1) is 0 Å². The van der Waals surface area contributed by atoms with E-state index in [1.807, 2.05) is 11.8 Å². The van der Waals surface area contributed by atoms with Crippen molar-refractivity contribution in [2.24, 2.45) is 5.92 Å². The fourth-order valence-electron chi connectivity index (χ4n) is 2.63. The molecular weight excluding hydrogens is 234 g/mol. The van der Waals surface area contributed by atoms with Gasteiger partial charge < -0.3 is 10.0 Å². The molecule has 0 atom stereocenters. The first-order valence-corrected chi connectivity index (χ1v) is 6.08. The van der Waals surface area contributed by atoms with Crippen molar-refractivity contribution in [3.05, 3.63) is 27.9 Å². The number of hydrogen-bond acceptors (Lipinski definition) is 5. The summed E-state index contributed by atoms with van der Waals surface area (Å²) in [5, 5.41) is 20.9. The third-order valence-electron chi connectivity index (χ3n) is 3.81.